The number of hydrogen-bond donors (Lipinski definition) is 0. The predicted octanol–water partition coefficient (Wildman–Crippen LogP) is 3.06. The van der Waals surface area contributed by atoms with Crippen LogP contribution in [0.2, 0.25) is 0 Å². The second-order valence-corrected chi connectivity index (χ2v) is 5.14. The summed E-state index contributed by atoms with van der Waals surface area (Å²) < 4.78 is 7.58. The summed E-state index contributed by atoms with van der Waals surface area (Å²) in [5.74, 6) is 0.485. The predicted molar refractivity (Wildman–Crippen MR) is 76.1 cm³/mol. The molecule has 2 aromatic heterocycles. The van der Waals surface area contributed by atoms with E-state index in [1.54, 1.807) is 24.6 Å². The monoisotopic (exact) mass is 345 g/mol. The minimum atomic E-state index is -0.507. The van der Waals surface area contributed by atoms with E-state index < -0.39 is 6.04 Å². The Morgan fingerprint density at radius 1 is 1.63 bits per heavy atom. The van der Waals surface area contributed by atoms with Crippen LogP contribution >= 0.6 is 27.5 Å². The highest BCUT2D eigenvalue weighted by Crippen LogP contribution is 2.23. The van der Waals surface area contributed by atoms with Crippen molar-refractivity contribution in [1.82, 2.24) is 14.5 Å². The van der Waals surface area contributed by atoms with Crippen molar-refractivity contribution in [3.63, 3.8) is 0 Å². The number of carbonyl (C=O) groups excluding carboxylic acids is 1. The van der Waals surface area contributed by atoms with Gasteiger partial charge in [0.15, 0.2) is 5.65 Å². The van der Waals surface area contributed by atoms with Crippen molar-refractivity contribution in [2.45, 2.75) is 25.8 Å². The fraction of sp³-hybridized carbons (Fsp3) is 0.417. The molecule has 0 aliphatic rings. The third-order valence-corrected chi connectivity index (χ3v) is 3.38. The summed E-state index contributed by atoms with van der Waals surface area (Å²) in [6.07, 6.45) is 1.66. The normalized spacial score (nSPS) is 12.6. The number of aromatic nitrogens is 3. The largest absolute Gasteiger partial charge is 0.464 e. The molecule has 2 rings (SSSR count). The second-order valence-electron chi connectivity index (χ2n) is 3.96. The van der Waals surface area contributed by atoms with E-state index in [4.69, 9.17) is 16.3 Å². The zero-order valence-corrected chi connectivity index (χ0v) is 12.9. The van der Waals surface area contributed by atoms with E-state index >= 15 is 0 Å². The Labute approximate surface area is 124 Å². The minimum Gasteiger partial charge on any atom is -0.464 e. The molecule has 0 spiro atoms. The molecule has 102 valence electrons. The molecular weight excluding hydrogens is 334 g/mol. The van der Waals surface area contributed by atoms with Gasteiger partial charge in [-0.3, -0.25) is 4.57 Å². The number of fused-ring (bicyclic) bond motifs is 1. The molecule has 0 N–H and O–H groups in total. The van der Waals surface area contributed by atoms with Crippen molar-refractivity contribution in [3.05, 3.63) is 22.6 Å². The van der Waals surface area contributed by atoms with E-state index in [-0.39, 0.29) is 11.8 Å². The number of nitrogens with zero attached hydrogens (tertiary/aromatic N) is 3. The van der Waals surface area contributed by atoms with Crippen LogP contribution in [0.3, 0.4) is 0 Å². The Hall–Kier alpha value is -1.14. The van der Waals surface area contributed by atoms with Gasteiger partial charge in [-0.1, -0.05) is 0 Å². The molecule has 0 saturated heterocycles. The van der Waals surface area contributed by atoms with Crippen molar-refractivity contribution < 1.29 is 9.53 Å². The lowest BCUT2D eigenvalue weighted by Crippen LogP contribution is -2.21. The van der Waals surface area contributed by atoms with Gasteiger partial charge in [0, 0.05) is 10.7 Å². The third-order valence-electron chi connectivity index (χ3n) is 2.70. The van der Waals surface area contributed by atoms with Crippen LogP contribution in [0.4, 0.5) is 0 Å². The SMILES string of the molecule is CCOC(=O)C(C)n1c(CCl)nc2cc(Br)cnc21. The van der Waals surface area contributed by atoms with Crippen molar-refractivity contribution in [3.8, 4) is 0 Å². The Morgan fingerprint density at radius 2 is 2.37 bits per heavy atom. The number of esters is 1. The van der Waals surface area contributed by atoms with E-state index in [1.807, 2.05) is 6.07 Å². The van der Waals surface area contributed by atoms with Crippen molar-refractivity contribution in [1.29, 1.82) is 0 Å². The fourth-order valence-electron chi connectivity index (χ4n) is 1.87. The first kappa shape index (κ1) is 14.3. The summed E-state index contributed by atoms with van der Waals surface area (Å²) in [6.45, 7) is 3.86. The number of halogens is 2. The van der Waals surface area contributed by atoms with E-state index in [9.17, 15) is 4.79 Å². The second kappa shape index (κ2) is 5.88. The van der Waals surface area contributed by atoms with E-state index in [0.29, 0.717) is 23.6 Å². The Morgan fingerprint density at radius 3 is 3.00 bits per heavy atom. The van der Waals surface area contributed by atoms with Gasteiger partial charge in [-0.05, 0) is 35.8 Å². The number of hydrogen-bond acceptors (Lipinski definition) is 4. The lowest BCUT2D eigenvalue weighted by atomic mass is 10.3. The molecular formula is C12H13BrClN3O2. The van der Waals surface area contributed by atoms with Gasteiger partial charge in [0.1, 0.15) is 17.4 Å². The molecule has 19 heavy (non-hydrogen) atoms. The average Bonchev–Trinajstić information content (AvgIpc) is 2.75. The first-order valence-electron chi connectivity index (χ1n) is 5.83. The molecule has 0 aliphatic heterocycles. The van der Waals surface area contributed by atoms with Crippen LogP contribution in [-0.4, -0.2) is 27.1 Å². The van der Waals surface area contributed by atoms with E-state index in [2.05, 4.69) is 25.9 Å². The first-order valence-corrected chi connectivity index (χ1v) is 7.16. The van der Waals surface area contributed by atoms with Gasteiger partial charge in [-0.15, -0.1) is 11.6 Å². The highest BCUT2D eigenvalue weighted by atomic mass is 79.9. The van der Waals surface area contributed by atoms with Gasteiger partial charge in [-0.25, -0.2) is 14.8 Å². The number of imidazole rings is 1. The molecule has 0 bridgehead atoms. The average molecular weight is 347 g/mol. The summed E-state index contributed by atoms with van der Waals surface area (Å²) in [5.41, 5.74) is 1.32. The highest BCUT2D eigenvalue weighted by molar-refractivity contribution is 9.10. The van der Waals surface area contributed by atoms with Crippen LogP contribution in [0.5, 0.6) is 0 Å². The summed E-state index contributed by atoms with van der Waals surface area (Å²) in [7, 11) is 0. The van der Waals surface area contributed by atoms with Crippen molar-refractivity contribution in [2.75, 3.05) is 6.61 Å². The molecule has 2 heterocycles. The van der Waals surface area contributed by atoms with Gasteiger partial charge in [0.05, 0.1) is 12.5 Å². The Balaban J connectivity index is 2.54. The molecule has 0 radical (unpaired) electrons. The topological polar surface area (TPSA) is 57.0 Å². The van der Waals surface area contributed by atoms with Gasteiger partial charge in [0.2, 0.25) is 0 Å². The first-order chi connectivity index (χ1) is 9.08. The van der Waals surface area contributed by atoms with Gasteiger partial charge >= 0.3 is 5.97 Å². The fourth-order valence-corrected chi connectivity index (χ4v) is 2.38. The molecule has 0 amide bonds. The van der Waals surface area contributed by atoms with Crippen LogP contribution in [0.25, 0.3) is 11.2 Å². The van der Waals surface area contributed by atoms with Crippen molar-refractivity contribution >= 4 is 44.7 Å². The lowest BCUT2D eigenvalue weighted by molar-refractivity contribution is -0.146. The molecule has 7 heteroatoms. The van der Waals surface area contributed by atoms with E-state index in [1.165, 1.54) is 0 Å². The van der Waals surface area contributed by atoms with Crippen LogP contribution < -0.4 is 0 Å². The lowest BCUT2D eigenvalue weighted by Gasteiger charge is -2.14. The van der Waals surface area contributed by atoms with Crippen molar-refractivity contribution in [2.24, 2.45) is 0 Å². The van der Waals surface area contributed by atoms with Gasteiger partial charge in [0.25, 0.3) is 0 Å². The van der Waals surface area contributed by atoms with Gasteiger partial charge in [-0.2, -0.15) is 0 Å². The third kappa shape index (κ3) is 2.74. The quantitative estimate of drug-likeness (QED) is 0.630. The smallest absolute Gasteiger partial charge is 0.328 e. The number of carbonyl (C=O) groups is 1. The molecule has 2 aromatic rings. The summed E-state index contributed by atoms with van der Waals surface area (Å²) in [4.78, 5) is 20.6. The highest BCUT2D eigenvalue weighted by Gasteiger charge is 2.23. The number of rotatable bonds is 4. The zero-order valence-electron chi connectivity index (χ0n) is 10.6. The number of ether oxygens (including phenoxy) is 1. The maximum atomic E-state index is 11.9. The molecule has 0 aromatic carbocycles. The van der Waals surface area contributed by atoms with E-state index in [0.717, 1.165) is 4.47 Å². The summed E-state index contributed by atoms with van der Waals surface area (Å²) in [6, 6.07) is 1.33. The maximum Gasteiger partial charge on any atom is 0.328 e. The van der Waals surface area contributed by atoms with Crippen LogP contribution in [0.15, 0.2) is 16.7 Å². The standard InChI is InChI=1S/C12H13BrClN3O2/c1-3-19-12(18)7(2)17-10(5-14)16-9-4-8(13)6-15-11(9)17/h4,6-7H,3,5H2,1-2H3. The number of pyridine rings is 1. The molecule has 0 aliphatic carbocycles. The Kier molecular flexibility index (Phi) is 4.42. The Bertz CT molecular complexity index is 614. The maximum absolute atomic E-state index is 11.9. The molecule has 1 atom stereocenters. The molecule has 1 unspecified atom stereocenters. The minimum absolute atomic E-state index is 0.206. The zero-order chi connectivity index (χ0) is 14.0. The molecule has 0 saturated carbocycles. The number of alkyl halides is 1. The van der Waals surface area contributed by atoms with Crippen LogP contribution in [0.1, 0.15) is 25.7 Å². The van der Waals surface area contributed by atoms with Crippen LogP contribution in [0, 0.1) is 0 Å². The van der Waals surface area contributed by atoms with Crippen LogP contribution in [-0.2, 0) is 15.4 Å². The molecule has 0 fully saturated rings. The van der Waals surface area contributed by atoms with Gasteiger partial charge < -0.3 is 4.74 Å². The molecule has 5 nitrogen and oxygen atoms in total. The summed E-state index contributed by atoms with van der Waals surface area (Å²) >= 11 is 9.24. The summed E-state index contributed by atoms with van der Waals surface area (Å²) in [5, 5.41) is 0.